The molecule has 0 spiro atoms. The van der Waals surface area contributed by atoms with Gasteiger partial charge in [-0.15, -0.1) is 0 Å². The third kappa shape index (κ3) is 6.15. The molecule has 0 bridgehead atoms. The van der Waals surface area contributed by atoms with Gasteiger partial charge in [0.2, 0.25) is 0 Å². The minimum absolute atomic E-state index is 0.00958. The van der Waals surface area contributed by atoms with Gasteiger partial charge in [0.15, 0.2) is 0 Å². The fourth-order valence-corrected chi connectivity index (χ4v) is 5.83. The largest absolute Gasteiger partial charge is 0.480 e. The molecule has 2 N–H and O–H groups in total. The van der Waals surface area contributed by atoms with E-state index in [4.69, 9.17) is 9.47 Å². The smallest absolute Gasteiger partial charge is 0.411 e. The van der Waals surface area contributed by atoms with Crippen LogP contribution in [0.15, 0.2) is 30.3 Å². The van der Waals surface area contributed by atoms with Crippen molar-refractivity contribution in [3.05, 3.63) is 35.9 Å². The number of amides is 1. The van der Waals surface area contributed by atoms with Crippen LogP contribution in [-0.2, 0) is 25.7 Å². The second-order valence-electron chi connectivity index (χ2n) is 11.2. The van der Waals surface area contributed by atoms with E-state index in [0.717, 1.165) is 44.3 Å². The summed E-state index contributed by atoms with van der Waals surface area (Å²) in [4.78, 5) is 41.1. The van der Waals surface area contributed by atoms with Crippen molar-refractivity contribution in [2.75, 3.05) is 13.1 Å². The number of likely N-dealkylation sites (tertiary alicyclic amines) is 1. The van der Waals surface area contributed by atoms with Crippen LogP contribution in [0.1, 0.15) is 58.4 Å². The topological polar surface area (TPSA) is 105 Å². The van der Waals surface area contributed by atoms with Crippen LogP contribution in [0.4, 0.5) is 4.79 Å². The summed E-state index contributed by atoms with van der Waals surface area (Å²) in [5.41, 5.74) is 0.0359. The number of nitrogens with one attached hydrogen (secondary N) is 1. The number of benzene rings is 1. The van der Waals surface area contributed by atoms with Gasteiger partial charge in [-0.25, -0.2) is 14.4 Å². The third-order valence-electron chi connectivity index (χ3n) is 7.49. The SMILES string of the molecule is CC(C)(C)OC(=O)C1C(C2CCNCC2)CC(C2CC2)C(C(=O)O)N1C(=O)OCc1ccccc1. The van der Waals surface area contributed by atoms with E-state index in [0.29, 0.717) is 6.42 Å². The first-order chi connectivity index (χ1) is 16.7. The van der Waals surface area contributed by atoms with Crippen LogP contribution in [-0.4, -0.2) is 58.8 Å². The van der Waals surface area contributed by atoms with Gasteiger partial charge in [-0.05, 0) is 95.2 Å². The second-order valence-corrected chi connectivity index (χ2v) is 11.2. The highest BCUT2D eigenvalue weighted by Gasteiger charge is 2.57. The molecule has 8 heteroatoms. The van der Waals surface area contributed by atoms with Crippen molar-refractivity contribution in [2.24, 2.45) is 23.7 Å². The van der Waals surface area contributed by atoms with Crippen molar-refractivity contribution in [3.63, 3.8) is 0 Å². The molecular weight excluding hydrogens is 448 g/mol. The first-order valence-electron chi connectivity index (χ1n) is 12.8. The van der Waals surface area contributed by atoms with Gasteiger partial charge in [0.25, 0.3) is 0 Å². The molecule has 2 saturated heterocycles. The molecule has 2 aliphatic heterocycles. The minimum atomic E-state index is -1.11. The Hall–Kier alpha value is -2.61. The van der Waals surface area contributed by atoms with Crippen LogP contribution in [0, 0.1) is 23.7 Å². The van der Waals surface area contributed by atoms with E-state index in [1.165, 1.54) is 4.90 Å². The van der Waals surface area contributed by atoms with E-state index < -0.39 is 35.7 Å². The number of nitrogens with zero attached hydrogens (tertiary/aromatic N) is 1. The maximum absolute atomic E-state index is 13.6. The Kier molecular flexibility index (Phi) is 7.69. The predicted molar refractivity (Wildman–Crippen MR) is 129 cm³/mol. The van der Waals surface area contributed by atoms with E-state index in [-0.39, 0.29) is 30.3 Å². The Labute approximate surface area is 207 Å². The summed E-state index contributed by atoms with van der Waals surface area (Å²) < 4.78 is 11.4. The summed E-state index contributed by atoms with van der Waals surface area (Å²) >= 11 is 0. The van der Waals surface area contributed by atoms with Gasteiger partial charge in [-0.3, -0.25) is 4.90 Å². The molecule has 4 rings (SSSR count). The third-order valence-corrected chi connectivity index (χ3v) is 7.49. The van der Waals surface area contributed by atoms with Gasteiger partial charge in [-0.1, -0.05) is 30.3 Å². The van der Waals surface area contributed by atoms with Crippen LogP contribution < -0.4 is 5.32 Å². The average molecular weight is 487 g/mol. The Balaban J connectivity index is 1.70. The standard InChI is InChI=1S/C27H38N2O6/c1-27(2,3)35-25(32)23-21(19-11-13-28-14-12-19)15-20(18-9-10-18)22(24(30)31)29(23)26(33)34-16-17-7-5-4-6-8-17/h4-8,18-23,28H,9-16H2,1-3H3,(H,30,31). The summed E-state index contributed by atoms with van der Waals surface area (Å²) in [6.07, 6.45) is 3.52. The highest BCUT2D eigenvalue weighted by atomic mass is 16.6. The lowest BCUT2D eigenvalue weighted by Gasteiger charge is -2.50. The molecule has 4 atom stereocenters. The van der Waals surface area contributed by atoms with Crippen molar-refractivity contribution in [1.82, 2.24) is 10.2 Å². The number of aliphatic carboxylic acids is 1. The summed E-state index contributed by atoms with van der Waals surface area (Å²) in [6.45, 7) is 7.05. The lowest BCUT2D eigenvalue weighted by Crippen LogP contribution is -2.65. The number of rotatable bonds is 6. The monoisotopic (exact) mass is 486 g/mol. The summed E-state index contributed by atoms with van der Waals surface area (Å²) in [5.74, 6) is -1.54. The van der Waals surface area contributed by atoms with Gasteiger partial charge in [0.1, 0.15) is 24.3 Å². The number of piperidine rings is 2. The number of hydrogen-bond donors (Lipinski definition) is 2. The normalized spacial score (nSPS) is 27.8. The maximum atomic E-state index is 13.6. The molecule has 3 aliphatic rings. The van der Waals surface area contributed by atoms with Gasteiger partial charge < -0.3 is 19.9 Å². The molecule has 1 saturated carbocycles. The molecule has 1 amide bonds. The van der Waals surface area contributed by atoms with Crippen LogP contribution in [0.2, 0.25) is 0 Å². The molecule has 0 radical (unpaired) electrons. The molecule has 1 aromatic carbocycles. The molecule has 0 aromatic heterocycles. The number of hydrogen-bond acceptors (Lipinski definition) is 6. The quantitative estimate of drug-likeness (QED) is 0.589. The fraction of sp³-hybridized carbons (Fsp3) is 0.667. The molecule has 8 nitrogen and oxygen atoms in total. The Morgan fingerprint density at radius 2 is 1.57 bits per heavy atom. The second kappa shape index (κ2) is 10.6. The first-order valence-corrected chi connectivity index (χ1v) is 12.8. The van der Waals surface area contributed by atoms with E-state index in [1.54, 1.807) is 20.8 Å². The zero-order valence-electron chi connectivity index (χ0n) is 20.9. The highest BCUT2D eigenvalue weighted by Crippen LogP contribution is 2.50. The van der Waals surface area contributed by atoms with Gasteiger partial charge in [0.05, 0.1) is 0 Å². The average Bonchev–Trinajstić information content (AvgIpc) is 3.66. The maximum Gasteiger partial charge on any atom is 0.411 e. The minimum Gasteiger partial charge on any atom is -0.480 e. The highest BCUT2D eigenvalue weighted by molar-refractivity contribution is 5.87. The lowest BCUT2D eigenvalue weighted by atomic mass is 9.68. The molecule has 1 aromatic rings. The van der Waals surface area contributed by atoms with E-state index in [1.807, 2.05) is 30.3 Å². The van der Waals surface area contributed by atoms with Crippen LogP contribution >= 0.6 is 0 Å². The lowest BCUT2D eigenvalue weighted by molar-refractivity contribution is -0.173. The fourth-order valence-electron chi connectivity index (χ4n) is 5.83. The van der Waals surface area contributed by atoms with Gasteiger partial charge >= 0.3 is 18.0 Å². The molecule has 192 valence electrons. The number of carbonyl (C=O) groups excluding carboxylic acids is 2. The van der Waals surface area contributed by atoms with E-state index >= 15 is 0 Å². The molecule has 4 unspecified atom stereocenters. The Morgan fingerprint density at radius 3 is 2.14 bits per heavy atom. The van der Waals surface area contributed by atoms with Gasteiger partial charge in [-0.2, -0.15) is 0 Å². The van der Waals surface area contributed by atoms with Crippen molar-refractivity contribution < 1.29 is 29.0 Å². The summed E-state index contributed by atoms with van der Waals surface area (Å²) in [5, 5.41) is 13.7. The summed E-state index contributed by atoms with van der Waals surface area (Å²) in [7, 11) is 0. The van der Waals surface area contributed by atoms with Crippen LogP contribution in [0.3, 0.4) is 0 Å². The molecular formula is C27H38N2O6. The Bertz CT molecular complexity index is 904. The number of esters is 1. The number of carbonyl (C=O) groups is 3. The molecule has 35 heavy (non-hydrogen) atoms. The number of carboxylic acids is 1. The van der Waals surface area contributed by atoms with Crippen molar-refractivity contribution in [1.29, 1.82) is 0 Å². The van der Waals surface area contributed by atoms with Crippen LogP contribution in [0.25, 0.3) is 0 Å². The van der Waals surface area contributed by atoms with Crippen LogP contribution in [0.5, 0.6) is 0 Å². The Morgan fingerprint density at radius 1 is 0.971 bits per heavy atom. The number of ether oxygens (including phenoxy) is 2. The first kappa shape index (κ1) is 25.5. The molecule has 3 fully saturated rings. The van der Waals surface area contributed by atoms with Crippen molar-refractivity contribution in [2.45, 2.75) is 77.2 Å². The van der Waals surface area contributed by atoms with Gasteiger partial charge in [0, 0.05) is 0 Å². The predicted octanol–water partition coefficient (Wildman–Crippen LogP) is 3.83. The van der Waals surface area contributed by atoms with E-state index in [2.05, 4.69) is 5.32 Å². The molecule has 2 heterocycles. The zero-order chi connectivity index (χ0) is 25.2. The zero-order valence-corrected chi connectivity index (χ0v) is 20.9. The molecule has 1 aliphatic carbocycles. The van der Waals surface area contributed by atoms with Crippen molar-refractivity contribution in [3.8, 4) is 0 Å². The van der Waals surface area contributed by atoms with Crippen molar-refractivity contribution >= 4 is 18.0 Å². The van der Waals surface area contributed by atoms with E-state index in [9.17, 15) is 19.5 Å². The summed E-state index contributed by atoms with van der Waals surface area (Å²) in [6, 6.07) is 7.16. The number of carboxylic acid groups (broad SMARTS) is 1.